The molecule has 0 saturated carbocycles. The molecule has 0 unspecified atom stereocenters. The molecule has 6 nitrogen and oxygen atoms in total. The van der Waals surface area contributed by atoms with Crippen molar-refractivity contribution in [1.29, 1.82) is 5.26 Å². The number of halogens is 1. The van der Waals surface area contributed by atoms with Gasteiger partial charge in [0.15, 0.2) is 0 Å². The third-order valence-corrected chi connectivity index (χ3v) is 2.96. The molecule has 0 spiro atoms. The number of carbonyl (C=O) groups excluding carboxylic acids is 2. The summed E-state index contributed by atoms with van der Waals surface area (Å²) >= 11 is 0. The molecule has 7 heteroatoms. The lowest BCUT2D eigenvalue weighted by molar-refractivity contribution is -0.120. The van der Waals surface area contributed by atoms with Crippen molar-refractivity contribution in [3.63, 3.8) is 0 Å². The molecular weight excluding hydrogens is 313 g/mol. The summed E-state index contributed by atoms with van der Waals surface area (Å²) in [5.41, 5.74) is -0.223. The fourth-order valence-corrected chi connectivity index (χ4v) is 1.93. The lowest BCUT2D eigenvalue weighted by atomic mass is 10.2. The van der Waals surface area contributed by atoms with Crippen molar-refractivity contribution in [3.05, 3.63) is 30.1 Å². The normalized spacial score (nSPS) is 12.0. The highest BCUT2D eigenvalue weighted by Crippen LogP contribution is 2.17. The summed E-state index contributed by atoms with van der Waals surface area (Å²) in [5, 5.41) is 11.2. The zero-order chi connectivity index (χ0) is 18.3. The van der Waals surface area contributed by atoms with Crippen molar-refractivity contribution in [3.8, 4) is 6.07 Å². The molecule has 1 aromatic rings. The van der Waals surface area contributed by atoms with E-state index >= 15 is 0 Å². The van der Waals surface area contributed by atoms with Crippen LogP contribution in [0, 0.1) is 17.1 Å². The predicted molar refractivity (Wildman–Crippen MR) is 87.8 cm³/mol. The number of hydrogen-bond donors (Lipinski definition) is 1. The van der Waals surface area contributed by atoms with Gasteiger partial charge in [-0.2, -0.15) is 5.26 Å². The lowest BCUT2D eigenvalue weighted by Gasteiger charge is -2.26. The first kappa shape index (κ1) is 19.4. The summed E-state index contributed by atoms with van der Waals surface area (Å²) in [6.45, 7) is 6.82. The van der Waals surface area contributed by atoms with Crippen LogP contribution in [0.3, 0.4) is 0 Å². The van der Waals surface area contributed by atoms with E-state index in [9.17, 15) is 14.0 Å². The maximum absolute atomic E-state index is 13.1. The third-order valence-electron chi connectivity index (χ3n) is 2.96. The summed E-state index contributed by atoms with van der Waals surface area (Å²) < 4.78 is 18.2. The number of carbonyl (C=O) groups is 2. The van der Waals surface area contributed by atoms with Crippen LogP contribution in [0.2, 0.25) is 0 Å². The average Bonchev–Trinajstić information content (AvgIpc) is 2.47. The van der Waals surface area contributed by atoms with E-state index in [1.165, 1.54) is 36.1 Å². The fraction of sp³-hybridized carbons (Fsp3) is 0.471. The molecule has 0 aliphatic rings. The lowest BCUT2D eigenvalue weighted by Crippen LogP contribution is -2.48. The average molecular weight is 335 g/mol. The van der Waals surface area contributed by atoms with Crippen LogP contribution in [0.25, 0.3) is 0 Å². The van der Waals surface area contributed by atoms with Crippen LogP contribution in [-0.2, 0) is 9.53 Å². The van der Waals surface area contributed by atoms with Crippen molar-refractivity contribution in [2.24, 2.45) is 0 Å². The highest BCUT2D eigenvalue weighted by Gasteiger charge is 2.25. The fourth-order valence-electron chi connectivity index (χ4n) is 1.93. The first-order chi connectivity index (χ1) is 11.1. The molecule has 0 radical (unpaired) electrons. The van der Waals surface area contributed by atoms with Gasteiger partial charge in [0, 0.05) is 12.2 Å². The number of alkyl carbamates (subject to hydrolysis) is 1. The number of nitriles is 1. The van der Waals surface area contributed by atoms with Crippen molar-refractivity contribution in [1.82, 2.24) is 5.32 Å². The van der Waals surface area contributed by atoms with E-state index in [0.29, 0.717) is 5.69 Å². The Morgan fingerprint density at radius 2 is 1.92 bits per heavy atom. The van der Waals surface area contributed by atoms with Crippen molar-refractivity contribution >= 4 is 17.7 Å². The minimum Gasteiger partial charge on any atom is -0.444 e. The number of anilines is 1. The molecule has 0 aliphatic heterocycles. The van der Waals surface area contributed by atoms with E-state index in [0.717, 1.165) is 0 Å². The number of nitrogens with one attached hydrogen (secondary N) is 1. The Hall–Kier alpha value is -2.62. The Bertz CT molecular complexity index is 617. The molecule has 0 heterocycles. The summed E-state index contributed by atoms with van der Waals surface area (Å²) in [6.07, 6.45) is -0.592. The maximum atomic E-state index is 13.1. The molecule has 0 fully saturated rings. The van der Waals surface area contributed by atoms with Crippen LogP contribution in [0.5, 0.6) is 0 Å². The predicted octanol–water partition coefficient (Wildman–Crippen LogP) is 2.99. The van der Waals surface area contributed by atoms with E-state index in [4.69, 9.17) is 10.00 Å². The molecule has 1 rings (SSSR count). The summed E-state index contributed by atoms with van der Waals surface area (Å²) in [6, 6.07) is 6.47. The molecule has 0 aromatic heterocycles. The Balaban J connectivity index is 2.85. The number of rotatable bonds is 5. The van der Waals surface area contributed by atoms with Gasteiger partial charge in [0.25, 0.3) is 0 Å². The van der Waals surface area contributed by atoms with E-state index in [1.54, 1.807) is 20.8 Å². The largest absolute Gasteiger partial charge is 0.444 e. The minimum absolute atomic E-state index is 0.113. The highest BCUT2D eigenvalue weighted by molar-refractivity contribution is 5.98. The first-order valence-corrected chi connectivity index (χ1v) is 7.57. The van der Waals surface area contributed by atoms with Gasteiger partial charge in [-0.25, -0.2) is 9.18 Å². The highest BCUT2D eigenvalue weighted by atomic mass is 19.1. The van der Waals surface area contributed by atoms with Crippen LogP contribution >= 0.6 is 0 Å². The van der Waals surface area contributed by atoms with Gasteiger partial charge in [0.05, 0.1) is 12.5 Å². The molecule has 0 saturated heterocycles. The molecule has 1 atom stereocenters. The van der Waals surface area contributed by atoms with Crippen LogP contribution in [0.1, 0.15) is 34.1 Å². The second kappa shape index (κ2) is 8.29. The number of ether oxygens (including phenoxy) is 1. The van der Waals surface area contributed by atoms with Gasteiger partial charge in [-0.3, -0.25) is 4.79 Å². The van der Waals surface area contributed by atoms with Gasteiger partial charge in [0.1, 0.15) is 17.5 Å². The standard InChI is InChI=1S/C17H22FN3O3/c1-12(20-16(23)24-17(2,3)4)15(22)21(11-5-10-19)14-8-6-13(18)7-9-14/h6-9,12H,5,11H2,1-4H3,(H,20,23)/t12-/m1/s1. The Kier molecular flexibility index (Phi) is 6.71. The molecular formula is C17H22FN3O3. The Labute approximate surface area is 141 Å². The Morgan fingerprint density at radius 3 is 2.42 bits per heavy atom. The van der Waals surface area contributed by atoms with Crippen LogP contribution in [0.15, 0.2) is 24.3 Å². The second-order valence-corrected chi connectivity index (χ2v) is 6.24. The van der Waals surface area contributed by atoms with Crippen molar-refractivity contribution < 1.29 is 18.7 Å². The molecule has 130 valence electrons. The molecule has 2 amide bonds. The van der Waals surface area contributed by atoms with E-state index < -0.39 is 29.5 Å². The first-order valence-electron chi connectivity index (χ1n) is 7.57. The molecule has 24 heavy (non-hydrogen) atoms. The molecule has 1 aromatic carbocycles. The quantitative estimate of drug-likeness (QED) is 0.897. The minimum atomic E-state index is -0.858. The van der Waals surface area contributed by atoms with E-state index in [2.05, 4.69) is 5.32 Å². The van der Waals surface area contributed by atoms with Gasteiger partial charge in [-0.1, -0.05) is 0 Å². The SMILES string of the molecule is C[C@@H](NC(=O)OC(C)(C)C)C(=O)N(CCC#N)c1ccc(F)cc1. The smallest absolute Gasteiger partial charge is 0.408 e. The summed E-state index contributed by atoms with van der Waals surface area (Å²) in [7, 11) is 0. The molecule has 0 bridgehead atoms. The summed E-state index contributed by atoms with van der Waals surface area (Å²) in [5.74, 6) is -0.839. The van der Waals surface area contributed by atoms with Gasteiger partial charge >= 0.3 is 6.09 Å². The third kappa shape index (κ3) is 6.24. The van der Waals surface area contributed by atoms with Gasteiger partial charge in [-0.05, 0) is 52.0 Å². The zero-order valence-corrected chi connectivity index (χ0v) is 14.3. The monoisotopic (exact) mass is 335 g/mol. The van der Waals surface area contributed by atoms with Gasteiger partial charge < -0.3 is 15.0 Å². The maximum Gasteiger partial charge on any atom is 0.408 e. The van der Waals surface area contributed by atoms with Crippen LogP contribution in [-0.4, -0.2) is 30.2 Å². The van der Waals surface area contributed by atoms with Gasteiger partial charge in [-0.15, -0.1) is 0 Å². The number of amides is 2. The Morgan fingerprint density at radius 1 is 1.33 bits per heavy atom. The number of hydrogen-bond acceptors (Lipinski definition) is 4. The number of nitrogens with zero attached hydrogens (tertiary/aromatic N) is 2. The second-order valence-electron chi connectivity index (χ2n) is 6.24. The zero-order valence-electron chi connectivity index (χ0n) is 14.3. The summed E-state index contributed by atoms with van der Waals surface area (Å²) in [4.78, 5) is 25.7. The molecule has 0 aliphatic carbocycles. The molecule has 1 N–H and O–H groups in total. The van der Waals surface area contributed by atoms with Gasteiger partial charge in [0.2, 0.25) is 5.91 Å². The van der Waals surface area contributed by atoms with Crippen molar-refractivity contribution in [2.45, 2.75) is 45.8 Å². The van der Waals surface area contributed by atoms with Crippen molar-refractivity contribution in [2.75, 3.05) is 11.4 Å². The van der Waals surface area contributed by atoms with Crippen LogP contribution < -0.4 is 10.2 Å². The van der Waals surface area contributed by atoms with E-state index in [-0.39, 0.29) is 13.0 Å². The number of benzene rings is 1. The van der Waals surface area contributed by atoms with Crippen LogP contribution in [0.4, 0.5) is 14.9 Å². The topological polar surface area (TPSA) is 82.4 Å². The van der Waals surface area contributed by atoms with E-state index in [1.807, 2.05) is 6.07 Å².